The van der Waals surface area contributed by atoms with Crippen LogP contribution in [0.15, 0.2) is 48.5 Å². The normalized spacial score (nSPS) is 23.4. The number of likely N-dealkylation sites (tertiary alicyclic amines) is 1. The molecule has 0 radical (unpaired) electrons. The maximum absolute atomic E-state index is 13.6. The molecule has 0 N–H and O–H groups in total. The maximum Gasteiger partial charge on any atom is 0.311 e. The van der Waals surface area contributed by atoms with Gasteiger partial charge in [0.1, 0.15) is 17.6 Å². The van der Waals surface area contributed by atoms with Crippen molar-refractivity contribution in [2.45, 2.75) is 44.8 Å². The Morgan fingerprint density at radius 1 is 1.03 bits per heavy atom. The lowest BCUT2D eigenvalue weighted by Crippen LogP contribution is -2.47. The molecule has 2 heterocycles. The Morgan fingerprint density at radius 2 is 1.79 bits per heavy atom. The van der Waals surface area contributed by atoms with Crippen molar-refractivity contribution in [3.05, 3.63) is 54.1 Å². The van der Waals surface area contributed by atoms with Crippen LogP contribution in [0.25, 0.3) is 0 Å². The van der Waals surface area contributed by atoms with E-state index in [1.165, 1.54) is 0 Å². The van der Waals surface area contributed by atoms with Gasteiger partial charge in [-0.3, -0.25) is 14.5 Å². The van der Waals surface area contributed by atoms with Crippen LogP contribution in [0.4, 0.5) is 5.69 Å². The van der Waals surface area contributed by atoms with Crippen LogP contribution in [0.2, 0.25) is 0 Å². The van der Waals surface area contributed by atoms with E-state index in [9.17, 15) is 9.59 Å². The number of piperidine rings is 2. The van der Waals surface area contributed by atoms with Crippen LogP contribution >= 0.6 is 0 Å². The van der Waals surface area contributed by atoms with E-state index >= 15 is 0 Å². The van der Waals surface area contributed by atoms with Crippen LogP contribution in [0.3, 0.4) is 0 Å². The van der Waals surface area contributed by atoms with Crippen molar-refractivity contribution in [1.29, 1.82) is 0 Å². The number of carbonyl (C=O) groups is 2. The minimum Gasteiger partial charge on any atom is -0.497 e. The first kappa shape index (κ1) is 24.1. The van der Waals surface area contributed by atoms with E-state index in [1.807, 2.05) is 48.5 Å². The number of likely N-dealkylation sites (N-methyl/N-ethyl adjacent to an activating group) is 1. The van der Waals surface area contributed by atoms with Crippen molar-refractivity contribution >= 4 is 17.6 Å². The highest BCUT2D eigenvalue weighted by Gasteiger charge is 2.44. The molecule has 2 fully saturated rings. The van der Waals surface area contributed by atoms with E-state index in [1.54, 1.807) is 19.1 Å². The van der Waals surface area contributed by atoms with Gasteiger partial charge >= 0.3 is 5.97 Å². The molecule has 0 aromatic heterocycles. The van der Waals surface area contributed by atoms with E-state index in [0.717, 1.165) is 38.0 Å². The van der Waals surface area contributed by atoms with E-state index in [2.05, 4.69) is 11.8 Å². The fourth-order valence-electron chi connectivity index (χ4n) is 5.10. The van der Waals surface area contributed by atoms with Gasteiger partial charge in [0.25, 0.3) is 0 Å². The van der Waals surface area contributed by atoms with Crippen LogP contribution in [0.1, 0.15) is 44.2 Å². The molecular weight excluding hydrogens is 432 g/mol. The SMILES string of the molecule is CCN1CCCC(OC(=O)C2CCC(=O)N(c3ccc(OC)cc3)C2c2ccccc2OC)C1. The molecule has 3 atom stereocenters. The number of carbonyl (C=O) groups excluding carboxylic acids is 2. The first-order chi connectivity index (χ1) is 16.5. The number of benzene rings is 2. The minimum atomic E-state index is -0.524. The van der Waals surface area contributed by atoms with Gasteiger partial charge in [0.2, 0.25) is 5.91 Å². The Bertz CT molecular complexity index is 993. The summed E-state index contributed by atoms with van der Waals surface area (Å²) in [4.78, 5) is 30.9. The molecule has 0 bridgehead atoms. The van der Waals surface area contributed by atoms with Gasteiger partial charge in [-0.2, -0.15) is 0 Å². The van der Waals surface area contributed by atoms with Crippen LogP contribution in [-0.4, -0.2) is 56.7 Å². The van der Waals surface area contributed by atoms with Crippen molar-refractivity contribution in [2.24, 2.45) is 5.92 Å². The number of amides is 1. The number of para-hydroxylation sites is 1. The predicted octanol–water partition coefficient (Wildman–Crippen LogP) is 4.22. The predicted molar refractivity (Wildman–Crippen MR) is 130 cm³/mol. The second-order valence-corrected chi connectivity index (χ2v) is 8.89. The average Bonchev–Trinajstić information content (AvgIpc) is 2.88. The average molecular weight is 467 g/mol. The van der Waals surface area contributed by atoms with Crippen molar-refractivity contribution in [1.82, 2.24) is 4.90 Å². The van der Waals surface area contributed by atoms with Gasteiger partial charge in [-0.15, -0.1) is 0 Å². The van der Waals surface area contributed by atoms with Crippen molar-refractivity contribution in [2.75, 3.05) is 38.8 Å². The highest BCUT2D eigenvalue weighted by Crippen LogP contribution is 2.44. The summed E-state index contributed by atoms with van der Waals surface area (Å²) in [7, 11) is 3.21. The Morgan fingerprint density at radius 3 is 2.50 bits per heavy atom. The summed E-state index contributed by atoms with van der Waals surface area (Å²) < 4.78 is 17.0. The fraction of sp³-hybridized carbons (Fsp3) is 0.481. The Labute approximate surface area is 201 Å². The molecular formula is C27H34N2O5. The topological polar surface area (TPSA) is 68.3 Å². The van der Waals surface area contributed by atoms with Crippen molar-refractivity contribution < 1.29 is 23.8 Å². The number of rotatable bonds is 7. The lowest BCUT2D eigenvalue weighted by atomic mass is 9.83. The summed E-state index contributed by atoms with van der Waals surface area (Å²) in [6.45, 7) is 4.87. The molecule has 2 aromatic rings. The molecule has 0 saturated carbocycles. The molecule has 2 aliphatic rings. The van der Waals surface area contributed by atoms with Crippen LogP contribution in [0.5, 0.6) is 11.5 Å². The number of methoxy groups -OCH3 is 2. The highest BCUT2D eigenvalue weighted by molar-refractivity contribution is 5.97. The Kier molecular flexibility index (Phi) is 7.73. The zero-order valence-electron chi connectivity index (χ0n) is 20.2. The molecule has 0 spiro atoms. The molecule has 34 heavy (non-hydrogen) atoms. The molecule has 2 saturated heterocycles. The molecule has 0 aliphatic carbocycles. The van der Waals surface area contributed by atoms with E-state index in [-0.39, 0.29) is 24.4 Å². The smallest absolute Gasteiger partial charge is 0.311 e. The van der Waals surface area contributed by atoms with Crippen LogP contribution in [0, 0.1) is 5.92 Å². The zero-order valence-corrected chi connectivity index (χ0v) is 20.2. The maximum atomic E-state index is 13.6. The molecule has 1 amide bonds. The summed E-state index contributed by atoms with van der Waals surface area (Å²) in [5, 5.41) is 0. The molecule has 182 valence electrons. The number of esters is 1. The van der Waals surface area contributed by atoms with Gasteiger partial charge in [-0.1, -0.05) is 25.1 Å². The Balaban J connectivity index is 1.69. The third kappa shape index (κ3) is 5.04. The van der Waals surface area contributed by atoms with Gasteiger partial charge in [0.15, 0.2) is 0 Å². The number of anilines is 1. The summed E-state index contributed by atoms with van der Waals surface area (Å²) >= 11 is 0. The lowest BCUT2D eigenvalue weighted by molar-refractivity contribution is -0.158. The molecule has 7 nitrogen and oxygen atoms in total. The quantitative estimate of drug-likeness (QED) is 0.570. The summed E-state index contributed by atoms with van der Waals surface area (Å²) in [5.41, 5.74) is 1.52. The lowest BCUT2D eigenvalue weighted by Gasteiger charge is -2.41. The second-order valence-electron chi connectivity index (χ2n) is 8.89. The molecule has 2 aliphatic heterocycles. The van der Waals surface area contributed by atoms with Gasteiger partial charge < -0.3 is 19.1 Å². The number of ether oxygens (including phenoxy) is 3. The highest BCUT2D eigenvalue weighted by atomic mass is 16.5. The number of hydrogen-bond acceptors (Lipinski definition) is 6. The summed E-state index contributed by atoms with van der Waals surface area (Å²) in [6.07, 6.45) is 2.49. The molecule has 4 rings (SSSR count). The van der Waals surface area contributed by atoms with E-state index < -0.39 is 12.0 Å². The largest absolute Gasteiger partial charge is 0.497 e. The van der Waals surface area contributed by atoms with Gasteiger partial charge in [0, 0.05) is 24.2 Å². The number of nitrogens with zero attached hydrogens (tertiary/aromatic N) is 2. The summed E-state index contributed by atoms with van der Waals surface area (Å²) in [6, 6.07) is 14.4. The molecule has 7 heteroatoms. The van der Waals surface area contributed by atoms with Crippen LogP contribution < -0.4 is 14.4 Å². The number of hydrogen-bond donors (Lipinski definition) is 0. The van der Waals surface area contributed by atoms with Gasteiger partial charge in [-0.05, 0) is 62.7 Å². The first-order valence-electron chi connectivity index (χ1n) is 12.1. The van der Waals surface area contributed by atoms with Crippen LogP contribution in [-0.2, 0) is 14.3 Å². The Hall–Kier alpha value is -3.06. The minimum absolute atomic E-state index is 0.0278. The van der Waals surface area contributed by atoms with E-state index in [0.29, 0.717) is 23.6 Å². The first-order valence-corrected chi connectivity index (χ1v) is 12.1. The molecule has 3 unspecified atom stereocenters. The zero-order chi connectivity index (χ0) is 24.1. The standard InChI is InChI=1S/C27H34N2O5/c1-4-28-17-7-8-21(18-28)34-27(31)23-15-16-25(30)29(19-11-13-20(32-2)14-12-19)26(23)22-9-5-6-10-24(22)33-3/h5-6,9-14,21,23,26H,4,7-8,15-18H2,1-3H3. The van der Waals surface area contributed by atoms with Gasteiger partial charge in [0.05, 0.1) is 26.2 Å². The van der Waals surface area contributed by atoms with Crippen molar-refractivity contribution in [3.8, 4) is 11.5 Å². The summed E-state index contributed by atoms with van der Waals surface area (Å²) in [5.74, 6) is 0.585. The van der Waals surface area contributed by atoms with E-state index in [4.69, 9.17) is 14.2 Å². The third-order valence-corrected chi connectivity index (χ3v) is 6.90. The fourth-order valence-corrected chi connectivity index (χ4v) is 5.10. The van der Waals surface area contributed by atoms with Crippen molar-refractivity contribution in [3.63, 3.8) is 0 Å². The molecule has 2 aromatic carbocycles. The monoisotopic (exact) mass is 466 g/mol. The van der Waals surface area contributed by atoms with Gasteiger partial charge in [-0.25, -0.2) is 0 Å². The third-order valence-electron chi connectivity index (χ3n) is 6.90. The second kappa shape index (κ2) is 10.9.